The zero-order valence-corrected chi connectivity index (χ0v) is 11.0. The molecule has 3 nitrogen and oxygen atoms in total. The highest BCUT2D eigenvalue weighted by Gasteiger charge is 2.34. The maximum atomic E-state index is 12.1. The molecule has 90 valence electrons. The molecule has 1 aliphatic rings. The second-order valence-corrected chi connectivity index (χ2v) is 6.79. The average molecular weight is 254 g/mol. The van der Waals surface area contributed by atoms with E-state index in [4.69, 9.17) is 11.6 Å². The Balaban J connectivity index is 2.83. The van der Waals surface area contributed by atoms with Gasteiger partial charge in [-0.15, -0.1) is 11.6 Å². The van der Waals surface area contributed by atoms with E-state index in [2.05, 4.69) is 0 Å². The highest BCUT2D eigenvalue weighted by atomic mass is 35.5. The molecule has 0 aromatic heterocycles. The summed E-state index contributed by atoms with van der Waals surface area (Å²) in [7, 11) is -3.17. The van der Waals surface area contributed by atoms with Crippen LogP contribution in [-0.4, -0.2) is 36.4 Å². The lowest BCUT2D eigenvalue weighted by molar-refractivity contribution is 0.245. The first kappa shape index (κ1) is 13.3. The van der Waals surface area contributed by atoms with Gasteiger partial charge in [-0.05, 0) is 26.2 Å². The zero-order valence-electron chi connectivity index (χ0n) is 9.45. The molecule has 1 heterocycles. The fraction of sp³-hybridized carbons (Fsp3) is 1.00. The topological polar surface area (TPSA) is 37.4 Å². The first-order valence-corrected chi connectivity index (χ1v) is 7.64. The Kier molecular flexibility index (Phi) is 4.87. The second kappa shape index (κ2) is 5.51. The van der Waals surface area contributed by atoms with E-state index in [1.165, 1.54) is 0 Å². The Morgan fingerprint density at radius 1 is 1.47 bits per heavy atom. The predicted octanol–water partition coefficient (Wildman–Crippen LogP) is 2.21. The number of hydrogen-bond acceptors (Lipinski definition) is 2. The third-order valence-corrected chi connectivity index (χ3v) is 6.06. The van der Waals surface area contributed by atoms with Gasteiger partial charge in [0.25, 0.3) is 0 Å². The summed E-state index contributed by atoms with van der Waals surface area (Å²) >= 11 is 5.64. The van der Waals surface area contributed by atoms with Crippen LogP contribution in [0.25, 0.3) is 0 Å². The molecule has 0 aliphatic carbocycles. The second-order valence-electron chi connectivity index (χ2n) is 4.18. The number of piperidine rings is 1. The number of alkyl halides is 1. The van der Waals surface area contributed by atoms with Crippen LogP contribution < -0.4 is 0 Å². The van der Waals surface area contributed by atoms with Gasteiger partial charge >= 0.3 is 0 Å². The van der Waals surface area contributed by atoms with Crippen molar-refractivity contribution in [3.63, 3.8) is 0 Å². The molecule has 1 fully saturated rings. The van der Waals surface area contributed by atoms with Gasteiger partial charge in [0.05, 0.1) is 5.25 Å². The fourth-order valence-electron chi connectivity index (χ4n) is 2.03. The molecule has 15 heavy (non-hydrogen) atoms. The molecule has 1 aliphatic heterocycles. The lowest BCUT2D eigenvalue weighted by Gasteiger charge is -2.35. The predicted molar refractivity (Wildman–Crippen MR) is 63.7 cm³/mol. The third-order valence-electron chi connectivity index (χ3n) is 3.10. The minimum atomic E-state index is -3.17. The lowest BCUT2D eigenvalue weighted by atomic mass is 10.0. The number of nitrogens with zero attached hydrogens (tertiary/aromatic N) is 1. The van der Waals surface area contributed by atoms with Crippen LogP contribution in [0.1, 0.15) is 39.5 Å². The molecule has 0 N–H and O–H groups in total. The number of halogens is 1. The zero-order chi connectivity index (χ0) is 11.5. The van der Waals surface area contributed by atoms with Crippen LogP contribution in [0.3, 0.4) is 0 Å². The standard InChI is InChI=1S/C10H20ClNO2S/c1-3-10-6-4-5-7-12(10)15(13,14)9(2)8-11/h9-10H,3-8H2,1-2H3. The summed E-state index contributed by atoms with van der Waals surface area (Å²) in [5.41, 5.74) is 0. The molecule has 0 aromatic rings. The van der Waals surface area contributed by atoms with Gasteiger partial charge in [-0.2, -0.15) is 4.31 Å². The molecule has 5 heteroatoms. The van der Waals surface area contributed by atoms with Crippen molar-refractivity contribution in [3.8, 4) is 0 Å². The van der Waals surface area contributed by atoms with Gasteiger partial charge in [0.1, 0.15) is 0 Å². The Morgan fingerprint density at radius 3 is 2.67 bits per heavy atom. The molecule has 0 bridgehead atoms. The van der Waals surface area contributed by atoms with Crippen molar-refractivity contribution in [2.24, 2.45) is 0 Å². The van der Waals surface area contributed by atoms with Gasteiger partial charge in [-0.25, -0.2) is 8.42 Å². The monoisotopic (exact) mass is 253 g/mol. The number of sulfonamides is 1. The molecular formula is C10H20ClNO2S. The molecule has 0 spiro atoms. The molecule has 1 rings (SSSR count). The number of hydrogen-bond donors (Lipinski definition) is 0. The van der Waals surface area contributed by atoms with Gasteiger partial charge < -0.3 is 0 Å². The molecular weight excluding hydrogens is 234 g/mol. The van der Waals surface area contributed by atoms with E-state index >= 15 is 0 Å². The first-order valence-electron chi connectivity index (χ1n) is 5.60. The van der Waals surface area contributed by atoms with E-state index in [1.807, 2.05) is 6.92 Å². The highest BCUT2D eigenvalue weighted by Crippen LogP contribution is 2.25. The van der Waals surface area contributed by atoms with Gasteiger partial charge in [0.15, 0.2) is 0 Å². The van der Waals surface area contributed by atoms with Crippen molar-refractivity contribution >= 4 is 21.6 Å². The van der Waals surface area contributed by atoms with Crippen LogP contribution in [0, 0.1) is 0 Å². The van der Waals surface area contributed by atoms with E-state index in [9.17, 15) is 8.42 Å². The summed E-state index contributed by atoms with van der Waals surface area (Å²) in [4.78, 5) is 0. The Hall–Kier alpha value is 0.200. The van der Waals surface area contributed by atoms with Crippen molar-refractivity contribution in [1.82, 2.24) is 4.31 Å². The molecule has 2 unspecified atom stereocenters. The minimum Gasteiger partial charge on any atom is -0.212 e. The smallest absolute Gasteiger partial charge is 0.212 e. The van der Waals surface area contributed by atoms with Gasteiger partial charge in [0.2, 0.25) is 10.0 Å². The van der Waals surface area contributed by atoms with Crippen molar-refractivity contribution in [3.05, 3.63) is 0 Å². The van der Waals surface area contributed by atoms with Crippen molar-refractivity contribution in [2.45, 2.75) is 50.8 Å². The van der Waals surface area contributed by atoms with E-state index in [-0.39, 0.29) is 11.9 Å². The highest BCUT2D eigenvalue weighted by molar-refractivity contribution is 7.89. The van der Waals surface area contributed by atoms with Crippen molar-refractivity contribution in [2.75, 3.05) is 12.4 Å². The summed E-state index contributed by atoms with van der Waals surface area (Å²) in [5, 5.41) is -0.466. The first-order chi connectivity index (χ1) is 7.04. The van der Waals surface area contributed by atoms with Crippen LogP contribution >= 0.6 is 11.6 Å². The van der Waals surface area contributed by atoms with Crippen molar-refractivity contribution in [1.29, 1.82) is 0 Å². The van der Waals surface area contributed by atoms with E-state index in [1.54, 1.807) is 11.2 Å². The van der Waals surface area contributed by atoms with Gasteiger partial charge in [-0.3, -0.25) is 0 Å². The van der Waals surface area contributed by atoms with E-state index < -0.39 is 15.3 Å². The minimum absolute atomic E-state index is 0.176. The largest absolute Gasteiger partial charge is 0.218 e. The normalized spacial score (nSPS) is 26.5. The maximum Gasteiger partial charge on any atom is 0.218 e. The quantitative estimate of drug-likeness (QED) is 0.721. The maximum absolute atomic E-state index is 12.1. The Labute approximate surface area is 97.8 Å². The summed E-state index contributed by atoms with van der Waals surface area (Å²) < 4.78 is 25.9. The molecule has 0 amide bonds. The van der Waals surface area contributed by atoms with E-state index in [0.717, 1.165) is 25.7 Å². The van der Waals surface area contributed by atoms with E-state index in [0.29, 0.717) is 6.54 Å². The van der Waals surface area contributed by atoms with Crippen LogP contribution in [0.2, 0.25) is 0 Å². The Morgan fingerprint density at radius 2 is 2.13 bits per heavy atom. The molecule has 0 aromatic carbocycles. The van der Waals surface area contributed by atoms with Crippen LogP contribution in [-0.2, 0) is 10.0 Å². The third kappa shape index (κ3) is 2.86. The average Bonchev–Trinajstić information content (AvgIpc) is 2.27. The molecule has 0 saturated carbocycles. The molecule has 2 atom stereocenters. The Bertz CT molecular complexity index is 292. The number of rotatable bonds is 4. The van der Waals surface area contributed by atoms with Crippen LogP contribution in [0.4, 0.5) is 0 Å². The summed E-state index contributed by atoms with van der Waals surface area (Å²) in [5.74, 6) is 0.176. The summed E-state index contributed by atoms with van der Waals surface area (Å²) in [6.45, 7) is 4.40. The summed E-state index contributed by atoms with van der Waals surface area (Å²) in [6, 6.07) is 0.189. The summed E-state index contributed by atoms with van der Waals surface area (Å²) in [6.07, 6.45) is 4.00. The van der Waals surface area contributed by atoms with Crippen LogP contribution in [0.5, 0.6) is 0 Å². The van der Waals surface area contributed by atoms with Crippen molar-refractivity contribution < 1.29 is 8.42 Å². The van der Waals surface area contributed by atoms with Gasteiger partial charge in [-0.1, -0.05) is 13.3 Å². The molecule has 0 radical (unpaired) electrons. The fourth-order valence-corrected chi connectivity index (χ4v) is 4.18. The lowest BCUT2D eigenvalue weighted by Crippen LogP contribution is -2.47. The van der Waals surface area contributed by atoms with Gasteiger partial charge in [0, 0.05) is 18.5 Å². The van der Waals surface area contributed by atoms with Crippen LogP contribution in [0.15, 0.2) is 0 Å². The SMILES string of the molecule is CCC1CCCCN1S(=O)(=O)C(C)CCl. The molecule has 1 saturated heterocycles.